The van der Waals surface area contributed by atoms with Crippen LogP contribution in [-0.2, 0) is 15.0 Å². The standard InChI is InChI=1S/C27H30Cl2N2O2/c28-20-8-9-21(23(29)16-20)27(10-4-5-11-27)25(33)31-14-12-26(13-15-31)17-24(32)30-18-22(26)19-6-2-1-3-7-19/h1-3,6-9,16,22H,4-5,10-15,17-18H2,(H,30,32). The van der Waals surface area contributed by atoms with E-state index in [9.17, 15) is 9.59 Å². The van der Waals surface area contributed by atoms with E-state index in [1.165, 1.54) is 5.56 Å². The summed E-state index contributed by atoms with van der Waals surface area (Å²) in [6.45, 7) is 2.03. The van der Waals surface area contributed by atoms with Crippen LogP contribution in [0.2, 0.25) is 10.0 Å². The van der Waals surface area contributed by atoms with Crippen molar-refractivity contribution in [3.8, 4) is 0 Å². The molecule has 174 valence electrons. The second kappa shape index (κ2) is 8.96. The van der Waals surface area contributed by atoms with Crippen LogP contribution in [0.15, 0.2) is 48.5 Å². The van der Waals surface area contributed by atoms with E-state index >= 15 is 0 Å². The second-order valence-electron chi connectivity index (χ2n) is 10.0. The minimum Gasteiger partial charge on any atom is -0.355 e. The molecule has 1 spiro atoms. The lowest BCUT2D eigenvalue weighted by Gasteiger charge is -2.50. The highest BCUT2D eigenvalue weighted by Crippen LogP contribution is 2.51. The number of likely N-dealkylation sites (tertiary alicyclic amines) is 1. The van der Waals surface area contributed by atoms with Crippen molar-refractivity contribution in [3.63, 3.8) is 0 Å². The molecule has 33 heavy (non-hydrogen) atoms. The van der Waals surface area contributed by atoms with Crippen molar-refractivity contribution in [1.82, 2.24) is 10.2 Å². The summed E-state index contributed by atoms with van der Waals surface area (Å²) < 4.78 is 0. The van der Waals surface area contributed by atoms with E-state index in [1.807, 2.05) is 23.1 Å². The maximum absolute atomic E-state index is 14.0. The maximum Gasteiger partial charge on any atom is 0.233 e. The molecule has 2 heterocycles. The van der Waals surface area contributed by atoms with Crippen molar-refractivity contribution in [3.05, 3.63) is 69.7 Å². The zero-order valence-corrected chi connectivity index (χ0v) is 20.3. The first-order valence-electron chi connectivity index (χ1n) is 12.0. The largest absolute Gasteiger partial charge is 0.355 e. The SMILES string of the molecule is O=C1CC2(CCN(C(=O)C3(c4ccc(Cl)cc4Cl)CCCC3)CC2)C(c2ccccc2)CN1. The van der Waals surface area contributed by atoms with Gasteiger partial charge in [0.2, 0.25) is 11.8 Å². The Hall–Kier alpha value is -2.04. The van der Waals surface area contributed by atoms with Crippen LogP contribution in [0, 0.1) is 5.41 Å². The zero-order valence-electron chi connectivity index (χ0n) is 18.8. The molecule has 0 radical (unpaired) electrons. The van der Waals surface area contributed by atoms with Crippen molar-refractivity contribution in [1.29, 1.82) is 0 Å². The van der Waals surface area contributed by atoms with E-state index in [2.05, 4.69) is 29.6 Å². The van der Waals surface area contributed by atoms with E-state index in [1.54, 1.807) is 6.07 Å². The lowest BCUT2D eigenvalue weighted by atomic mass is 9.62. The normalized spacial score (nSPS) is 24.0. The van der Waals surface area contributed by atoms with E-state index in [-0.39, 0.29) is 23.1 Å². The van der Waals surface area contributed by atoms with Gasteiger partial charge in [-0.2, -0.15) is 0 Å². The third kappa shape index (κ3) is 4.06. The van der Waals surface area contributed by atoms with E-state index in [4.69, 9.17) is 23.2 Å². The van der Waals surface area contributed by atoms with Gasteiger partial charge in [-0.05, 0) is 54.4 Å². The molecule has 2 aromatic rings. The summed E-state index contributed by atoms with van der Waals surface area (Å²) in [5.41, 5.74) is 1.53. The molecule has 2 aromatic carbocycles. The van der Waals surface area contributed by atoms with Gasteiger partial charge in [0.15, 0.2) is 0 Å². The summed E-state index contributed by atoms with van der Waals surface area (Å²) in [4.78, 5) is 28.5. The van der Waals surface area contributed by atoms with Crippen molar-refractivity contribution in [2.45, 2.75) is 56.3 Å². The number of hydrogen-bond acceptors (Lipinski definition) is 2. The topological polar surface area (TPSA) is 49.4 Å². The fourth-order valence-electron chi connectivity index (χ4n) is 6.53. The maximum atomic E-state index is 14.0. The van der Waals surface area contributed by atoms with Gasteiger partial charge < -0.3 is 10.2 Å². The molecule has 3 fully saturated rings. The molecule has 1 atom stereocenters. The molecule has 0 bridgehead atoms. The Bertz CT molecular complexity index is 1040. The number of hydrogen-bond donors (Lipinski definition) is 1. The van der Waals surface area contributed by atoms with Gasteiger partial charge in [0.05, 0.1) is 5.41 Å². The summed E-state index contributed by atoms with van der Waals surface area (Å²) in [6.07, 6.45) is 5.92. The Kier molecular flexibility index (Phi) is 6.17. The molecule has 5 rings (SSSR count). The molecule has 1 N–H and O–H groups in total. The van der Waals surface area contributed by atoms with Gasteiger partial charge in [0, 0.05) is 42.0 Å². The van der Waals surface area contributed by atoms with Crippen LogP contribution in [0.5, 0.6) is 0 Å². The van der Waals surface area contributed by atoms with Crippen LogP contribution >= 0.6 is 23.2 Å². The van der Waals surface area contributed by atoms with Crippen LogP contribution in [-0.4, -0.2) is 36.3 Å². The molecule has 0 aromatic heterocycles. The van der Waals surface area contributed by atoms with Gasteiger partial charge >= 0.3 is 0 Å². The van der Waals surface area contributed by atoms with Crippen LogP contribution in [0.3, 0.4) is 0 Å². The molecule has 1 unspecified atom stereocenters. The minimum atomic E-state index is -0.561. The van der Waals surface area contributed by atoms with Gasteiger partial charge in [-0.25, -0.2) is 0 Å². The van der Waals surface area contributed by atoms with Crippen molar-refractivity contribution >= 4 is 35.0 Å². The first-order chi connectivity index (χ1) is 15.9. The number of piperidine rings is 2. The van der Waals surface area contributed by atoms with Gasteiger partial charge in [-0.3, -0.25) is 9.59 Å². The fraction of sp³-hybridized carbons (Fsp3) is 0.481. The Morgan fingerprint density at radius 1 is 0.970 bits per heavy atom. The predicted octanol–water partition coefficient (Wildman–Crippen LogP) is 5.72. The van der Waals surface area contributed by atoms with Crippen LogP contribution < -0.4 is 5.32 Å². The van der Waals surface area contributed by atoms with Crippen LogP contribution in [0.1, 0.15) is 62.0 Å². The molecule has 4 nitrogen and oxygen atoms in total. The lowest BCUT2D eigenvalue weighted by molar-refractivity contribution is -0.141. The number of amides is 2. The number of nitrogens with zero attached hydrogens (tertiary/aromatic N) is 1. The smallest absolute Gasteiger partial charge is 0.233 e. The van der Waals surface area contributed by atoms with Gasteiger partial charge in [-0.15, -0.1) is 0 Å². The first-order valence-corrected chi connectivity index (χ1v) is 12.8. The summed E-state index contributed by atoms with van der Waals surface area (Å²) >= 11 is 12.7. The minimum absolute atomic E-state index is 0.0960. The average Bonchev–Trinajstić information content (AvgIpc) is 3.30. The highest BCUT2D eigenvalue weighted by Gasteiger charge is 2.50. The monoisotopic (exact) mass is 484 g/mol. The second-order valence-corrected chi connectivity index (χ2v) is 10.9. The molecule has 2 amide bonds. The Balaban J connectivity index is 1.39. The quantitative estimate of drug-likeness (QED) is 0.605. The van der Waals surface area contributed by atoms with E-state index in [0.29, 0.717) is 36.1 Å². The highest BCUT2D eigenvalue weighted by atomic mass is 35.5. The molecule has 1 aliphatic carbocycles. The molecule has 3 aliphatic rings. The summed E-state index contributed by atoms with van der Waals surface area (Å²) in [5.74, 6) is 0.595. The third-order valence-corrected chi connectivity index (χ3v) is 8.86. The summed E-state index contributed by atoms with van der Waals surface area (Å²) in [5, 5.41) is 4.25. The van der Waals surface area contributed by atoms with Crippen molar-refractivity contribution in [2.75, 3.05) is 19.6 Å². The van der Waals surface area contributed by atoms with Crippen molar-refractivity contribution in [2.24, 2.45) is 5.41 Å². The number of halogens is 2. The van der Waals surface area contributed by atoms with E-state index in [0.717, 1.165) is 44.1 Å². The Labute approximate surface area is 205 Å². The molecular formula is C27H30Cl2N2O2. The molecule has 2 saturated heterocycles. The van der Waals surface area contributed by atoms with E-state index < -0.39 is 5.41 Å². The molecular weight excluding hydrogens is 455 g/mol. The zero-order chi connectivity index (χ0) is 23.1. The van der Waals surface area contributed by atoms with Gasteiger partial charge in [0.25, 0.3) is 0 Å². The fourth-order valence-corrected chi connectivity index (χ4v) is 7.12. The average molecular weight is 485 g/mol. The highest BCUT2D eigenvalue weighted by molar-refractivity contribution is 6.35. The number of benzene rings is 2. The predicted molar refractivity (Wildman–Crippen MR) is 132 cm³/mol. The van der Waals surface area contributed by atoms with Crippen LogP contribution in [0.25, 0.3) is 0 Å². The number of nitrogens with one attached hydrogen (secondary N) is 1. The van der Waals surface area contributed by atoms with Gasteiger partial charge in [0.1, 0.15) is 0 Å². The summed E-state index contributed by atoms with van der Waals surface area (Å²) in [6, 6.07) is 16.0. The first kappa shape index (κ1) is 22.7. The van der Waals surface area contributed by atoms with Gasteiger partial charge in [-0.1, -0.05) is 72.4 Å². The molecule has 1 saturated carbocycles. The Morgan fingerprint density at radius 3 is 2.33 bits per heavy atom. The third-order valence-electron chi connectivity index (χ3n) is 8.32. The molecule has 6 heteroatoms. The number of carbonyl (C=O) groups is 2. The van der Waals surface area contributed by atoms with Crippen LogP contribution in [0.4, 0.5) is 0 Å². The van der Waals surface area contributed by atoms with Crippen molar-refractivity contribution < 1.29 is 9.59 Å². The lowest BCUT2D eigenvalue weighted by Crippen LogP contribution is -2.55. The Morgan fingerprint density at radius 2 is 1.67 bits per heavy atom. The molecule has 2 aliphatic heterocycles. The number of rotatable bonds is 3. The summed E-state index contributed by atoms with van der Waals surface area (Å²) in [7, 11) is 0. The number of carbonyl (C=O) groups excluding carboxylic acids is 2.